The average Bonchev–Trinajstić information content (AvgIpc) is 2.99. The topological polar surface area (TPSA) is 96.5 Å². The Kier molecular flexibility index (Phi) is 11.1. The number of hydrogen-bond donors (Lipinski definition) is 3. The summed E-state index contributed by atoms with van der Waals surface area (Å²) in [5, 5.41) is 9.63. The number of thioether (sulfide) groups is 1. The first kappa shape index (κ1) is 32.0. The number of halogens is 3. The number of carbonyl (C=O) groups is 3. The van der Waals surface area contributed by atoms with E-state index in [0.29, 0.717) is 43.3 Å². The van der Waals surface area contributed by atoms with Gasteiger partial charge in [-0.15, -0.1) is 11.8 Å². The second-order valence-electron chi connectivity index (χ2n) is 9.16. The molecule has 3 amide bonds. The lowest BCUT2D eigenvalue weighted by Gasteiger charge is -2.13. The van der Waals surface area contributed by atoms with Crippen molar-refractivity contribution in [3.05, 3.63) is 122 Å². The van der Waals surface area contributed by atoms with E-state index in [1.165, 1.54) is 24.9 Å². The lowest BCUT2D eigenvalue weighted by molar-refractivity contribution is -0.114. The molecular formula is C32H26Cl3N3O4S. The molecule has 0 saturated carbocycles. The molecular weight excluding hydrogens is 629 g/mol. The Balaban J connectivity index is 1.47. The molecule has 4 aromatic carbocycles. The van der Waals surface area contributed by atoms with Gasteiger partial charge in [0.2, 0.25) is 5.91 Å². The number of nitrogens with one attached hydrogen (secondary N) is 3. The summed E-state index contributed by atoms with van der Waals surface area (Å²) in [6.45, 7) is 1.84. The molecule has 0 unspecified atom stereocenters. The second-order valence-corrected chi connectivity index (χ2v) is 11.5. The zero-order valence-electron chi connectivity index (χ0n) is 23.0. The minimum Gasteiger partial charge on any atom is -0.495 e. The van der Waals surface area contributed by atoms with E-state index in [0.717, 1.165) is 10.5 Å². The van der Waals surface area contributed by atoms with Crippen LogP contribution in [0.15, 0.2) is 95.5 Å². The maximum Gasteiger partial charge on any atom is 0.272 e. The molecule has 0 radical (unpaired) electrons. The summed E-state index contributed by atoms with van der Waals surface area (Å²) < 4.78 is 5.32. The summed E-state index contributed by atoms with van der Waals surface area (Å²) in [7, 11) is 1.50. The van der Waals surface area contributed by atoms with E-state index < -0.39 is 11.8 Å². The van der Waals surface area contributed by atoms with E-state index >= 15 is 0 Å². The lowest BCUT2D eigenvalue weighted by atomic mass is 10.1. The number of anilines is 2. The number of ether oxygens (including phenoxy) is 1. The van der Waals surface area contributed by atoms with Gasteiger partial charge in [-0.25, -0.2) is 0 Å². The fraction of sp³-hybridized carbons (Fsp3) is 0.0938. The zero-order valence-corrected chi connectivity index (χ0v) is 26.1. The molecule has 220 valence electrons. The van der Waals surface area contributed by atoms with Crippen molar-refractivity contribution in [3.8, 4) is 5.75 Å². The minimum absolute atomic E-state index is 0.0253. The highest BCUT2D eigenvalue weighted by Gasteiger charge is 2.17. The van der Waals surface area contributed by atoms with Crippen LogP contribution in [-0.4, -0.2) is 30.6 Å². The van der Waals surface area contributed by atoms with E-state index in [1.807, 2.05) is 13.0 Å². The van der Waals surface area contributed by atoms with Crippen molar-refractivity contribution in [2.24, 2.45) is 0 Å². The summed E-state index contributed by atoms with van der Waals surface area (Å²) in [4.78, 5) is 39.7. The summed E-state index contributed by atoms with van der Waals surface area (Å²) in [6, 6.07) is 23.8. The highest BCUT2D eigenvalue weighted by Crippen LogP contribution is 2.31. The third-order valence-corrected chi connectivity index (χ3v) is 7.97. The van der Waals surface area contributed by atoms with Crippen LogP contribution in [0.2, 0.25) is 15.1 Å². The van der Waals surface area contributed by atoms with Gasteiger partial charge in [-0.1, -0.05) is 65.1 Å². The third kappa shape index (κ3) is 9.02. The van der Waals surface area contributed by atoms with Crippen LogP contribution in [-0.2, 0) is 9.59 Å². The first-order valence-electron chi connectivity index (χ1n) is 12.8. The summed E-state index contributed by atoms with van der Waals surface area (Å²) in [6.07, 6.45) is 1.48. The van der Waals surface area contributed by atoms with Crippen molar-refractivity contribution in [1.82, 2.24) is 5.32 Å². The molecule has 4 rings (SSSR count). The Labute approximate surface area is 268 Å². The van der Waals surface area contributed by atoms with Gasteiger partial charge in [-0.3, -0.25) is 14.4 Å². The van der Waals surface area contributed by atoms with Crippen LogP contribution in [0, 0.1) is 6.92 Å². The fourth-order valence-electron chi connectivity index (χ4n) is 3.84. The zero-order chi connectivity index (χ0) is 30.9. The molecule has 11 heteroatoms. The fourth-order valence-corrected chi connectivity index (χ4v) is 5.22. The van der Waals surface area contributed by atoms with Crippen molar-refractivity contribution in [2.75, 3.05) is 23.5 Å². The predicted octanol–water partition coefficient (Wildman–Crippen LogP) is 8.10. The minimum atomic E-state index is -0.569. The summed E-state index contributed by atoms with van der Waals surface area (Å²) in [5.74, 6) is -0.708. The molecule has 0 spiro atoms. The molecule has 0 atom stereocenters. The van der Waals surface area contributed by atoms with Gasteiger partial charge in [0.25, 0.3) is 11.8 Å². The van der Waals surface area contributed by atoms with E-state index in [1.54, 1.807) is 78.9 Å². The Morgan fingerprint density at radius 3 is 2.35 bits per heavy atom. The Bertz CT molecular complexity index is 1700. The summed E-state index contributed by atoms with van der Waals surface area (Å²) in [5.41, 5.74) is 2.64. The second kappa shape index (κ2) is 15.0. The van der Waals surface area contributed by atoms with E-state index in [-0.39, 0.29) is 17.4 Å². The maximum absolute atomic E-state index is 13.4. The van der Waals surface area contributed by atoms with Gasteiger partial charge in [0.05, 0.1) is 18.6 Å². The largest absolute Gasteiger partial charge is 0.495 e. The molecule has 0 fully saturated rings. The van der Waals surface area contributed by atoms with Gasteiger partial charge >= 0.3 is 0 Å². The van der Waals surface area contributed by atoms with Crippen molar-refractivity contribution in [1.29, 1.82) is 0 Å². The molecule has 4 aromatic rings. The lowest BCUT2D eigenvalue weighted by Crippen LogP contribution is -2.30. The number of methoxy groups -OCH3 is 1. The van der Waals surface area contributed by atoms with Gasteiger partial charge in [-0.05, 0) is 72.7 Å². The Morgan fingerprint density at radius 2 is 1.63 bits per heavy atom. The van der Waals surface area contributed by atoms with Crippen LogP contribution in [0.4, 0.5) is 11.4 Å². The molecule has 3 N–H and O–H groups in total. The number of rotatable bonds is 10. The van der Waals surface area contributed by atoms with Crippen LogP contribution in [0.25, 0.3) is 6.08 Å². The molecule has 7 nitrogen and oxygen atoms in total. The molecule has 43 heavy (non-hydrogen) atoms. The van der Waals surface area contributed by atoms with E-state index in [4.69, 9.17) is 39.5 Å². The van der Waals surface area contributed by atoms with Crippen molar-refractivity contribution in [3.63, 3.8) is 0 Å². The van der Waals surface area contributed by atoms with Crippen LogP contribution in [0.3, 0.4) is 0 Å². The van der Waals surface area contributed by atoms with Crippen molar-refractivity contribution >= 4 is 81.7 Å². The van der Waals surface area contributed by atoms with E-state index in [2.05, 4.69) is 16.0 Å². The van der Waals surface area contributed by atoms with Crippen LogP contribution >= 0.6 is 46.6 Å². The number of benzene rings is 4. The number of amides is 3. The quantitative estimate of drug-likeness (QED) is 0.119. The van der Waals surface area contributed by atoms with Gasteiger partial charge in [0, 0.05) is 37.3 Å². The number of aryl methyl sites for hydroxylation is 1. The normalized spacial score (nSPS) is 11.0. The molecule has 0 aliphatic carbocycles. The maximum atomic E-state index is 13.4. The molecule has 0 saturated heterocycles. The monoisotopic (exact) mass is 653 g/mol. The average molecular weight is 655 g/mol. The highest BCUT2D eigenvalue weighted by atomic mass is 35.5. The number of hydrogen-bond acceptors (Lipinski definition) is 5. The van der Waals surface area contributed by atoms with Crippen LogP contribution in [0.1, 0.15) is 21.5 Å². The van der Waals surface area contributed by atoms with E-state index in [9.17, 15) is 14.4 Å². The predicted molar refractivity (Wildman–Crippen MR) is 176 cm³/mol. The molecule has 0 aliphatic heterocycles. The standard InChI is InChI=1S/C32H26Cl3N3O4S/c1-19-13-27(29(42-2)17-25(19)34)37-30(39)18-43-24-10-6-9-23(16-24)36-32(41)28(14-21-11-12-22(33)15-26(21)35)38-31(40)20-7-4-3-5-8-20/h3-17H,18H2,1-2H3,(H,36,41)(H,37,39)(H,38,40)/b28-14+. The smallest absolute Gasteiger partial charge is 0.272 e. The Hall–Kier alpha value is -3.95. The van der Waals surface area contributed by atoms with Crippen LogP contribution < -0.4 is 20.7 Å². The molecule has 0 aromatic heterocycles. The first-order valence-corrected chi connectivity index (χ1v) is 15.0. The SMILES string of the molecule is COc1cc(Cl)c(C)cc1NC(=O)CSc1cccc(NC(=O)/C(=C\c2ccc(Cl)cc2Cl)NC(=O)c2ccccc2)c1. The number of carbonyl (C=O) groups excluding carboxylic acids is 3. The highest BCUT2D eigenvalue weighted by molar-refractivity contribution is 8.00. The van der Waals surface area contributed by atoms with Crippen molar-refractivity contribution < 1.29 is 19.1 Å². The summed E-state index contributed by atoms with van der Waals surface area (Å²) >= 11 is 19.8. The third-order valence-electron chi connectivity index (χ3n) is 6.01. The van der Waals surface area contributed by atoms with Gasteiger partial charge in [-0.2, -0.15) is 0 Å². The molecule has 0 heterocycles. The molecule has 0 aliphatic rings. The van der Waals surface area contributed by atoms with Gasteiger partial charge in [0.1, 0.15) is 11.4 Å². The Morgan fingerprint density at radius 1 is 0.860 bits per heavy atom. The molecule has 0 bridgehead atoms. The van der Waals surface area contributed by atoms with Gasteiger partial charge < -0.3 is 20.7 Å². The van der Waals surface area contributed by atoms with Crippen LogP contribution in [0.5, 0.6) is 5.75 Å². The first-order chi connectivity index (χ1) is 20.6. The van der Waals surface area contributed by atoms with Gasteiger partial charge in [0.15, 0.2) is 0 Å². The van der Waals surface area contributed by atoms with Crippen molar-refractivity contribution in [2.45, 2.75) is 11.8 Å².